The lowest BCUT2D eigenvalue weighted by Gasteiger charge is -2.15. The van der Waals surface area contributed by atoms with Gasteiger partial charge in [0.2, 0.25) is 0 Å². The van der Waals surface area contributed by atoms with Crippen molar-refractivity contribution in [2.24, 2.45) is 5.73 Å². The molecule has 0 spiro atoms. The summed E-state index contributed by atoms with van der Waals surface area (Å²) in [5, 5.41) is 8.62. The maximum absolute atomic E-state index is 11.6. The van der Waals surface area contributed by atoms with Crippen LogP contribution in [0.5, 0.6) is 0 Å². The maximum atomic E-state index is 11.6. The summed E-state index contributed by atoms with van der Waals surface area (Å²) < 4.78 is 11.4. The predicted octanol–water partition coefficient (Wildman–Crippen LogP) is -1.05. The molecule has 0 saturated carbocycles. The zero-order valence-corrected chi connectivity index (χ0v) is 11.1. The third-order valence-corrected chi connectivity index (χ3v) is 2.61. The van der Waals surface area contributed by atoms with Crippen LogP contribution in [-0.4, -0.2) is 47.1 Å². The van der Waals surface area contributed by atoms with Crippen LogP contribution in [0.4, 0.5) is 5.82 Å². The van der Waals surface area contributed by atoms with Gasteiger partial charge in [-0.15, -0.1) is 0 Å². The first kappa shape index (κ1) is 16.1. The second kappa shape index (κ2) is 8.25. The van der Waals surface area contributed by atoms with Gasteiger partial charge < -0.3 is 15.2 Å². The highest BCUT2D eigenvalue weighted by Gasteiger charge is 2.11. The number of carbonyl (C=O) groups excluding carboxylic acids is 1. The van der Waals surface area contributed by atoms with Crippen LogP contribution in [0.3, 0.4) is 0 Å². The summed E-state index contributed by atoms with van der Waals surface area (Å²) in [6, 6.07) is 1.46. The van der Waals surface area contributed by atoms with Gasteiger partial charge in [0, 0.05) is 19.9 Å². The Morgan fingerprint density at radius 1 is 1.65 bits per heavy atom. The van der Waals surface area contributed by atoms with Crippen molar-refractivity contribution in [1.82, 2.24) is 9.55 Å². The largest absolute Gasteiger partial charge is 0.462 e. The third-order valence-electron chi connectivity index (χ3n) is 2.61. The van der Waals surface area contributed by atoms with Gasteiger partial charge in [0.25, 0.3) is 0 Å². The Labute approximate surface area is 115 Å². The molecule has 1 rings (SSSR count). The minimum Gasteiger partial charge on any atom is -0.462 e. The average Bonchev–Trinajstić information content (AvgIpc) is 2.48. The van der Waals surface area contributed by atoms with Crippen molar-refractivity contribution in [3.8, 4) is 0 Å². The molecule has 0 amide bonds. The van der Waals surface area contributed by atoms with E-state index in [9.17, 15) is 9.59 Å². The lowest BCUT2D eigenvalue weighted by Crippen LogP contribution is -2.28. The van der Waals surface area contributed by atoms with E-state index in [2.05, 4.69) is 4.98 Å². The zero-order chi connectivity index (χ0) is 15.0. The molecule has 9 heteroatoms. The Kier molecular flexibility index (Phi) is 6.64. The molecule has 1 unspecified atom stereocenters. The number of nitrogens with two attached hydrogens (primary N) is 1. The van der Waals surface area contributed by atoms with E-state index in [4.69, 9.17) is 20.4 Å². The van der Waals surface area contributed by atoms with Crippen molar-refractivity contribution in [2.75, 3.05) is 25.7 Å². The van der Waals surface area contributed by atoms with Gasteiger partial charge >= 0.3 is 11.7 Å². The van der Waals surface area contributed by atoms with Gasteiger partial charge in [0.15, 0.2) is 5.82 Å². The first-order chi connectivity index (χ1) is 9.60. The second-order valence-corrected chi connectivity index (χ2v) is 3.93. The van der Waals surface area contributed by atoms with Crippen molar-refractivity contribution in [3.05, 3.63) is 22.7 Å². The summed E-state index contributed by atoms with van der Waals surface area (Å²) in [4.78, 5) is 26.1. The molecular formula is C11H18N4O5. The number of ether oxygens (including phenoxy) is 2. The van der Waals surface area contributed by atoms with E-state index < -0.39 is 11.7 Å². The Bertz CT molecular complexity index is 490. The first-order valence-corrected chi connectivity index (χ1v) is 5.96. The number of rotatable bonds is 8. The summed E-state index contributed by atoms with van der Waals surface area (Å²) in [6.45, 7) is 0.233. The first-order valence-electron chi connectivity index (χ1n) is 5.96. The molecule has 0 bridgehead atoms. The van der Waals surface area contributed by atoms with E-state index in [-0.39, 0.29) is 25.1 Å². The quantitative estimate of drug-likeness (QED) is 0.408. The van der Waals surface area contributed by atoms with E-state index in [1.807, 2.05) is 0 Å². The van der Waals surface area contributed by atoms with E-state index in [1.165, 1.54) is 23.9 Å². The molecule has 112 valence electrons. The van der Waals surface area contributed by atoms with Crippen LogP contribution >= 0.6 is 0 Å². The molecule has 0 aromatic carbocycles. The summed E-state index contributed by atoms with van der Waals surface area (Å²) >= 11 is 0. The van der Waals surface area contributed by atoms with Gasteiger partial charge in [-0.3, -0.25) is 20.0 Å². The number of methoxy groups -OCH3 is 1. The molecule has 0 fully saturated rings. The molecule has 1 aromatic rings. The van der Waals surface area contributed by atoms with Gasteiger partial charge in [-0.2, -0.15) is 4.98 Å². The molecule has 1 aromatic heterocycles. The Hall–Kier alpha value is -1.97. The van der Waals surface area contributed by atoms with Gasteiger partial charge in [0.05, 0.1) is 12.6 Å². The molecule has 0 radical (unpaired) electrons. The van der Waals surface area contributed by atoms with Crippen molar-refractivity contribution >= 4 is 11.8 Å². The molecule has 1 atom stereocenters. The van der Waals surface area contributed by atoms with Crippen LogP contribution in [0, 0.1) is 0 Å². The lowest BCUT2D eigenvalue weighted by molar-refractivity contribution is -0.145. The average molecular weight is 286 g/mol. The highest BCUT2D eigenvalue weighted by molar-refractivity contribution is 5.71. The van der Waals surface area contributed by atoms with Crippen LogP contribution in [0.2, 0.25) is 0 Å². The number of hydrogen-bond donors (Lipinski definition) is 3. The number of aromatic nitrogens is 2. The SMILES string of the molecule is COC(CCn1ccc(NO)nc1=O)COC(=O)CN. The molecule has 0 aliphatic carbocycles. The molecule has 1 heterocycles. The van der Waals surface area contributed by atoms with Gasteiger partial charge in [-0.05, 0) is 12.5 Å². The number of hydrogen-bond acceptors (Lipinski definition) is 8. The molecule has 20 heavy (non-hydrogen) atoms. The van der Waals surface area contributed by atoms with Gasteiger partial charge in [0.1, 0.15) is 6.61 Å². The minimum absolute atomic E-state index is 0.0744. The van der Waals surface area contributed by atoms with Crippen molar-refractivity contribution < 1.29 is 19.5 Å². The molecule has 9 nitrogen and oxygen atoms in total. The van der Waals surface area contributed by atoms with Crippen LogP contribution in [0.25, 0.3) is 0 Å². The van der Waals surface area contributed by atoms with Gasteiger partial charge in [-0.25, -0.2) is 4.79 Å². The molecule has 0 aliphatic rings. The van der Waals surface area contributed by atoms with Crippen LogP contribution in [0.15, 0.2) is 17.1 Å². The maximum Gasteiger partial charge on any atom is 0.349 e. The monoisotopic (exact) mass is 286 g/mol. The van der Waals surface area contributed by atoms with Crippen molar-refractivity contribution in [1.29, 1.82) is 0 Å². The Morgan fingerprint density at radius 3 is 2.95 bits per heavy atom. The molecular weight excluding hydrogens is 268 g/mol. The predicted molar refractivity (Wildman–Crippen MR) is 69.3 cm³/mol. The number of nitrogens with one attached hydrogen (secondary N) is 1. The number of nitrogens with zero attached hydrogens (tertiary/aromatic N) is 2. The number of aryl methyl sites for hydroxylation is 1. The summed E-state index contributed by atoms with van der Waals surface area (Å²) in [5.41, 5.74) is 6.41. The van der Waals surface area contributed by atoms with Gasteiger partial charge in [-0.1, -0.05) is 0 Å². The van der Waals surface area contributed by atoms with E-state index >= 15 is 0 Å². The molecule has 0 aliphatic heterocycles. The second-order valence-electron chi connectivity index (χ2n) is 3.93. The van der Waals surface area contributed by atoms with Crippen molar-refractivity contribution in [3.63, 3.8) is 0 Å². The van der Waals surface area contributed by atoms with Crippen LogP contribution in [-0.2, 0) is 20.8 Å². The summed E-state index contributed by atoms with van der Waals surface area (Å²) in [6.07, 6.45) is 1.61. The standard InChI is InChI=1S/C11H18N4O5/c1-19-8(7-20-10(16)6-12)2-4-15-5-3-9(14-18)13-11(15)17/h3,5,8,18H,2,4,6-7,12H2,1H3,(H,13,14,17). The van der Waals surface area contributed by atoms with E-state index in [0.29, 0.717) is 13.0 Å². The topological polar surface area (TPSA) is 129 Å². The summed E-state index contributed by atoms with van der Waals surface area (Å²) in [7, 11) is 1.49. The van der Waals surface area contributed by atoms with Crippen molar-refractivity contribution in [2.45, 2.75) is 19.1 Å². The fourth-order valence-electron chi connectivity index (χ4n) is 1.46. The molecule has 4 N–H and O–H groups in total. The lowest BCUT2D eigenvalue weighted by atomic mass is 10.2. The smallest absolute Gasteiger partial charge is 0.349 e. The van der Waals surface area contributed by atoms with E-state index in [1.54, 1.807) is 5.48 Å². The number of carbonyl (C=O) groups is 1. The summed E-state index contributed by atoms with van der Waals surface area (Å²) in [5.74, 6) is -0.435. The number of esters is 1. The highest BCUT2D eigenvalue weighted by atomic mass is 16.6. The fourth-order valence-corrected chi connectivity index (χ4v) is 1.46. The third kappa shape index (κ3) is 4.96. The van der Waals surface area contributed by atoms with Crippen LogP contribution in [0.1, 0.15) is 6.42 Å². The number of anilines is 1. The minimum atomic E-state index is -0.510. The Morgan fingerprint density at radius 2 is 2.40 bits per heavy atom. The zero-order valence-electron chi connectivity index (χ0n) is 11.1. The molecule has 0 saturated heterocycles. The highest BCUT2D eigenvalue weighted by Crippen LogP contribution is 2.02. The van der Waals surface area contributed by atoms with E-state index in [0.717, 1.165) is 0 Å². The van der Waals surface area contributed by atoms with Crippen LogP contribution < -0.4 is 16.9 Å². The Balaban J connectivity index is 2.51. The normalized spacial score (nSPS) is 11.9. The fraction of sp³-hybridized carbons (Fsp3) is 0.545.